The number of hydrogen-bond donors (Lipinski definition) is 3. The molecule has 0 radical (unpaired) electrons. The predicted molar refractivity (Wildman–Crippen MR) is 106 cm³/mol. The summed E-state index contributed by atoms with van der Waals surface area (Å²) in [6.07, 6.45) is 21.6. The van der Waals surface area contributed by atoms with E-state index in [4.69, 9.17) is 5.11 Å². The lowest BCUT2D eigenvalue weighted by Gasteiger charge is -2.26. The molecule has 1 aliphatic rings. The van der Waals surface area contributed by atoms with Crippen LogP contribution >= 0.6 is 0 Å². The molecule has 0 aliphatic heterocycles. The van der Waals surface area contributed by atoms with Gasteiger partial charge >= 0.3 is 0 Å². The van der Waals surface area contributed by atoms with Gasteiger partial charge in [0.1, 0.15) is 5.60 Å². The van der Waals surface area contributed by atoms with Crippen molar-refractivity contribution in [3.8, 4) is 0 Å². The average Bonchev–Trinajstić information content (AvgIpc) is 2.63. The van der Waals surface area contributed by atoms with Crippen molar-refractivity contribution >= 4 is 0 Å². The number of aliphatic hydroxyl groups excluding tert-OH is 2. The lowest BCUT2D eigenvalue weighted by Crippen LogP contribution is -2.42. The maximum absolute atomic E-state index is 9.79. The quantitative estimate of drug-likeness (QED) is 0.347. The Bertz CT molecular complexity index is 298. The highest BCUT2D eigenvalue weighted by atomic mass is 16.4. The summed E-state index contributed by atoms with van der Waals surface area (Å²) in [5.74, 6) is 1.05. The summed E-state index contributed by atoms with van der Waals surface area (Å²) >= 11 is 0. The van der Waals surface area contributed by atoms with Gasteiger partial charge in [0.25, 0.3) is 0 Å². The number of aliphatic hydroxyl groups is 3. The molecule has 0 bridgehead atoms. The fraction of sp³-hybridized carbons (Fsp3) is 1.00. The minimum Gasteiger partial charge on any atom is -0.393 e. The third-order valence-corrected chi connectivity index (χ3v) is 6.10. The van der Waals surface area contributed by atoms with Crippen LogP contribution in [0.4, 0.5) is 0 Å². The molecule has 2 unspecified atom stereocenters. The van der Waals surface area contributed by atoms with Crippen molar-refractivity contribution in [2.24, 2.45) is 5.92 Å². The van der Waals surface area contributed by atoms with E-state index in [1.165, 1.54) is 96.8 Å². The Hall–Kier alpha value is -0.120. The molecule has 0 heterocycles. The van der Waals surface area contributed by atoms with E-state index in [9.17, 15) is 10.2 Å². The van der Waals surface area contributed by atoms with Gasteiger partial charge in [-0.1, -0.05) is 103 Å². The highest BCUT2D eigenvalue weighted by Crippen LogP contribution is 2.28. The Kier molecular flexibility index (Phi) is 12.8. The van der Waals surface area contributed by atoms with Crippen LogP contribution in [-0.2, 0) is 0 Å². The molecule has 1 aliphatic carbocycles. The van der Waals surface area contributed by atoms with Crippen molar-refractivity contribution in [1.82, 2.24) is 0 Å². The van der Waals surface area contributed by atoms with Crippen molar-refractivity contribution in [1.29, 1.82) is 0 Å². The van der Waals surface area contributed by atoms with Crippen LogP contribution in [-0.4, -0.2) is 33.6 Å². The summed E-state index contributed by atoms with van der Waals surface area (Å²) in [6.45, 7) is 1.11. The highest BCUT2D eigenvalue weighted by Gasteiger charge is 2.28. The Labute approximate surface area is 156 Å². The van der Waals surface area contributed by atoms with E-state index < -0.39 is 11.7 Å². The van der Waals surface area contributed by atoms with E-state index in [2.05, 4.69) is 0 Å². The van der Waals surface area contributed by atoms with Crippen molar-refractivity contribution in [3.05, 3.63) is 0 Å². The van der Waals surface area contributed by atoms with Crippen molar-refractivity contribution in [2.45, 2.75) is 128 Å². The molecule has 1 saturated carbocycles. The first kappa shape index (κ1) is 22.9. The Morgan fingerprint density at radius 2 is 1.28 bits per heavy atom. The van der Waals surface area contributed by atoms with Crippen LogP contribution < -0.4 is 0 Å². The molecule has 0 aromatic carbocycles. The van der Waals surface area contributed by atoms with E-state index in [0.29, 0.717) is 6.42 Å². The summed E-state index contributed by atoms with van der Waals surface area (Å²) in [7, 11) is 0. The van der Waals surface area contributed by atoms with Gasteiger partial charge < -0.3 is 15.3 Å². The third-order valence-electron chi connectivity index (χ3n) is 6.10. The maximum atomic E-state index is 9.79. The third kappa shape index (κ3) is 11.2. The molecule has 3 heteroatoms. The summed E-state index contributed by atoms with van der Waals surface area (Å²) in [5.41, 5.74) is -1.35. The van der Waals surface area contributed by atoms with Crippen molar-refractivity contribution < 1.29 is 15.3 Å². The van der Waals surface area contributed by atoms with Gasteiger partial charge in [-0.3, -0.25) is 0 Å². The second-order valence-corrected chi connectivity index (χ2v) is 8.65. The van der Waals surface area contributed by atoms with Crippen LogP contribution in [0.2, 0.25) is 0 Å². The fourth-order valence-electron chi connectivity index (χ4n) is 4.08. The Morgan fingerprint density at radius 3 is 1.80 bits per heavy atom. The average molecular weight is 357 g/mol. The molecule has 0 amide bonds. The van der Waals surface area contributed by atoms with Crippen LogP contribution in [0, 0.1) is 5.92 Å². The monoisotopic (exact) mass is 356 g/mol. The minimum atomic E-state index is -1.35. The van der Waals surface area contributed by atoms with Gasteiger partial charge in [0, 0.05) is 0 Å². The lowest BCUT2D eigenvalue weighted by molar-refractivity contribution is -0.0951. The highest BCUT2D eigenvalue weighted by molar-refractivity contribution is 4.80. The van der Waals surface area contributed by atoms with E-state index in [0.717, 1.165) is 18.8 Å². The summed E-state index contributed by atoms with van der Waals surface area (Å²) < 4.78 is 0. The van der Waals surface area contributed by atoms with Gasteiger partial charge in [0.15, 0.2) is 0 Å². The molecule has 0 aromatic rings. The first-order chi connectivity index (χ1) is 12.1. The second-order valence-electron chi connectivity index (χ2n) is 8.65. The standard InChI is InChI=1S/C22H44O3/c1-22(25,19-23)21(24)18-14-9-7-5-3-2-4-6-8-11-15-20-16-12-10-13-17-20/h20-21,23-25H,2-19H2,1H3. The Morgan fingerprint density at radius 1 is 0.800 bits per heavy atom. The molecule has 1 rings (SSSR count). The first-order valence-electron chi connectivity index (χ1n) is 11.1. The van der Waals surface area contributed by atoms with Crippen LogP contribution in [0.15, 0.2) is 0 Å². The number of hydrogen-bond acceptors (Lipinski definition) is 3. The molecule has 25 heavy (non-hydrogen) atoms. The molecule has 2 atom stereocenters. The summed E-state index contributed by atoms with van der Waals surface area (Å²) in [4.78, 5) is 0. The number of rotatable bonds is 15. The largest absolute Gasteiger partial charge is 0.393 e. The maximum Gasteiger partial charge on any atom is 0.111 e. The smallest absolute Gasteiger partial charge is 0.111 e. The SMILES string of the molecule is CC(O)(CO)C(O)CCCCCCCCCCCCC1CCCCC1. The van der Waals surface area contributed by atoms with Crippen LogP contribution in [0.1, 0.15) is 116 Å². The molecule has 3 nitrogen and oxygen atoms in total. The summed E-state index contributed by atoms with van der Waals surface area (Å²) in [5, 5.41) is 28.5. The van der Waals surface area contributed by atoms with Crippen LogP contribution in [0.3, 0.4) is 0 Å². The predicted octanol–water partition coefficient (Wildman–Crippen LogP) is 5.35. The van der Waals surface area contributed by atoms with E-state index in [1.54, 1.807) is 0 Å². The van der Waals surface area contributed by atoms with Crippen LogP contribution in [0.25, 0.3) is 0 Å². The molecule has 1 fully saturated rings. The molecule has 3 N–H and O–H groups in total. The summed E-state index contributed by atoms with van der Waals surface area (Å²) in [6, 6.07) is 0. The van der Waals surface area contributed by atoms with Crippen molar-refractivity contribution in [3.63, 3.8) is 0 Å². The normalized spacial score (nSPS) is 19.7. The van der Waals surface area contributed by atoms with E-state index in [1.807, 2.05) is 0 Å². The van der Waals surface area contributed by atoms with E-state index in [-0.39, 0.29) is 6.61 Å². The van der Waals surface area contributed by atoms with E-state index >= 15 is 0 Å². The zero-order valence-corrected chi connectivity index (χ0v) is 16.7. The zero-order valence-electron chi connectivity index (χ0n) is 16.7. The topological polar surface area (TPSA) is 60.7 Å². The van der Waals surface area contributed by atoms with Crippen molar-refractivity contribution in [2.75, 3.05) is 6.61 Å². The van der Waals surface area contributed by atoms with Gasteiger partial charge in [-0.2, -0.15) is 0 Å². The van der Waals surface area contributed by atoms with Gasteiger partial charge in [-0.05, 0) is 19.3 Å². The van der Waals surface area contributed by atoms with Gasteiger partial charge in [-0.25, -0.2) is 0 Å². The molecular formula is C22H44O3. The van der Waals surface area contributed by atoms with Gasteiger partial charge in [-0.15, -0.1) is 0 Å². The molecule has 0 saturated heterocycles. The molecular weight excluding hydrogens is 312 g/mol. The van der Waals surface area contributed by atoms with Crippen LogP contribution in [0.5, 0.6) is 0 Å². The molecule has 0 spiro atoms. The fourth-order valence-corrected chi connectivity index (χ4v) is 4.08. The second kappa shape index (κ2) is 14.0. The van der Waals surface area contributed by atoms with Gasteiger partial charge in [0.2, 0.25) is 0 Å². The molecule has 0 aromatic heterocycles. The molecule has 150 valence electrons. The Balaban J connectivity index is 1.78. The first-order valence-corrected chi connectivity index (χ1v) is 11.1. The zero-order chi connectivity index (χ0) is 18.4. The minimum absolute atomic E-state index is 0.380. The lowest BCUT2D eigenvalue weighted by atomic mass is 9.85. The number of unbranched alkanes of at least 4 members (excludes halogenated alkanes) is 9. The van der Waals surface area contributed by atoms with Gasteiger partial charge in [0.05, 0.1) is 12.7 Å².